The van der Waals surface area contributed by atoms with E-state index in [1.165, 1.54) is 9.80 Å². The van der Waals surface area contributed by atoms with Gasteiger partial charge in [0, 0.05) is 54.9 Å². The third-order valence-electron chi connectivity index (χ3n) is 6.17. The molecule has 0 radical (unpaired) electrons. The fraction of sp³-hybridized carbons (Fsp3) is 0.208. The monoisotopic (exact) mass is 444 g/mol. The molecule has 5 heterocycles. The van der Waals surface area contributed by atoms with Gasteiger partial charge in [0.05, 0.1) is 22.8 Å². The van der Waals surface area contributed by atoms with Gasteiger partial charge in [-0.1, -0.05) is 0 Å². The molecule has 2 amide bonds. The van der Waals surface area contributed by atoms with Gasteiger partial charge in [-0.05, 0) is 42.0 Å². The Labute approximate surface area is 188 Å². The largest absolute Gasteiger partial charge is 0.496 e. The summed E-state index contributed by atoms with van der Waals surface area (Å²) in [7, 11) is 0. The van der Waals surface area contributed by atoms with Crippen LogP contribution in [-0.2, 0) is 11.3 Å². The van der Waals surface area contributed by atoms with Gasteiger partial charge in [0.25, 0.3) is 0 Å². The number of hydrogen-bond acceptors (Lipinski definition) is 5. The summed E-state index contributed by atoms with van der Waals surface area (Å²) in [6.07, 6.45) is 6.32. The minimum Gasteiger partial charge on any atom is -0.496 e. The Hall–Kier alpha value is -4.27. The predicted molar refractivity (Wildman–Crippen MR) is 121 cm³/mol. The summed E-state index contributed by atoms with van der Waals surface area (Å²) in [6.45, 7) is 1.71. The zero-order valence-corrected chi connectivity index (χ0v) is 17.6. The van der Waals surface area contributed by atoms with E-state index in [-0.39, 0.29) is 13.1 Å². The van der Waals surface area contributed by atoms with Gasteiger partial charge in [-0.25, -0.2) is 14.6 Å². The topological polar surface area (TPSA) is 96.6 Å². The van der Waals surface area contributed by atoms with Crippen LogP contribution in [0.1, 0.15) is 11.1 Å². The number of pyridine rings is 2. The van der Waals surface area contributed by atoms with Crippen molar-refractivity contribution in [1.82, 2.24) is 19.2 Å². The highest BCUT2D eigenvalue weighted by Gasteiger charge is 2.25. The first-order chi connectivity index (χ1) is 16.0. The van der Waals surface area contributed by atoms with Crippen molar-refractivity contribution in [2.75, 3.05) is 26.2 Å². The standard InChI is InChI=1S/C24H20N4O5/c29-23(30)26-4-6-27(7-5-26)24(31)33-19-1-2-20-16(10-19)9-17-12-28-13-18-14-32-8-3-15(18)11-21(28)22(17)25-20/h1-3,8-13H,4-7,14H2,(H,29,30). The molecule has 0 aliphatic carbocycles. The molecule has 2 aliphatic rings. The van der Waals surface area contributed by atoms with E-state index in [0.717, 1.165) is 38.4 Å². The third-order valence-corrected chi connectivity index (χ3v) is 6.17. The van der Waals surface area contributed by atoms with Crippen molar-refractivity contribution in [2.24, 2.45) is 0 Å². The average Bonchev–Trinajstić information content (AvgIpc) is 3.17. The van der Waals surface area contributed by atoms with Crippen LogP contribution < -0.4 is 4.74 Å². The van der Waals surface area contributed by atoms with Gasteiger partial charge in [0.2, 0.25) is 0 Å². The lowest BCUT2D eigenvalue weighted by atomic mass is 10.1. The molecule has 1 saturated heterocycles. The lowest BCUT2D eigenvalue weighted by molar-refractivity contribution is 0.0974. The zero-order chi connectivity index (χ0) is 22.5. The first kappa shape index (κ1) is 19.4. The van der Waals surface area contributed by atoms with Crippen LogP contribution >= 0.6 is 0 Å². The molecule has 0 saturated carbocycles. The second kappa shape index (κ2) is 7.40. The fourth-order valence-electron chi connectivity index (χ4n) is 4.39. The van der Waals surface area contributed by atoms with Gasteiger partial charge >= 0.3 is 12.2 Å². The van der Waals surface area contributed by atoms with Crippen molar-refractivity contribution >= 4 is 45.6 Å². The van der Waals surface area contributed by atoms with Crippen molar-refractivity contribution in [3.8, 4) is 5.75 Å². The van der Waals surface area contributed by atoms with Crippen LogP contribution in [0, 0.1) is 0 Å². The molecule has 9 nitrogen and oxygen atoms in total. The van der Waals surface area contributed by atoms with Crippen LogP contribution in [0.4, 0.5) is 9.59 Å². The number of carbonyl (C=O) groups excluding carboxylic acids is 1. The minimum absolute atomic E-state index is 0.275. The molecule has 1 fully saturated rings. The quantitative estimate of drug-likeness (QED) is 0.478. The number of nitrogens with zero attached hydrogens (tertiary/aromatic N) is 4. The molecule has 0 atom stereocenters. The van der Waals surface area contributed by atoms with Crippen LogP contribution in [0.15, 0.2) is 49.0 Å². The summed E-state index contributed by atoms with van der Waals surface area (Å²) in [5.41, 5.74) is 4.98. The van der Waals surface area contributed by atoms with Crippen LogP contribution in [0.25, 0.3) is 33.4 Å². The smallest absolute Gasteiger partial charge is 0.415 e. The molecular formula is C24H20N4O5. The van der Waals surface area contributed by atoms with E-state index in [2.05, 4.69) is 16.7 Å². The number of ether oxygens (including phenoxy) is 2. The molecule has 4 aromatic rings. The highest BCUT2D eigenvalue weighted by atomic mass is 16.6. The second-order valence-corrected chi connectivity index (χ2v) is 8.19. The summed E-state index contributed by atoms with van der Waals surface area (Å²) in [5.74, 6) is 0.427. The van der Waals surface area contributed by atoms with Crippen LogP contribution in [0.2, 0.25) is 0 Å². The molecule has 3 aromatic heterocycles. The maximum Gasteiger partial charge on any atom is 0.415 e. The Kier molecular flexibility index (Phi) is 4.36. The first-order valence-electron chi connectivity index (χ1n) is 10.7. The van der Waals surface area contributed by atoms with Crippen molar-refractivity contribution in [2.45, 2.75) is 6.61 Å². The lowest BCUT2D eigenvalue weighted by Gasteiger charge is -2.32. The molecule has 1 aromatic carbocycles. The average molecular weight is 444 g/mol. The van der Waals surface area contributed by atoms with E-state index in [4.69, 9.17) is 19.6 Å². The fourth-order valence-corrected chi connectivity index (χ4v) is 4.39. The number of piperazine rings is 1. The zero-order valence-electron chi connectivity index (χ0n) is 17.6. The van der Waals surface area contributed by atoms with Crippen molar-refractivity contribution in [3.05, 3.63) is 60.1 Å². The maximum atomic E-state index is 12.5. The highest BCUT2D eigenvalue weighted by molar-refractivity contribution is 6.01. The molecule has 6 rings (SSSR count). The number of rotatable bonds is 1. The minimum atomic E-state index is -0.973. The van der Waals surface area contributed by atoms with Crippen LogP contribution in [0.3, 0.4) is 0 Å². The van der Waals surface area contributed by atoms with Gasteiger partial charge in [-0.3, -0.25) is 0 Å². The van der Waals surface area contributed by atoms with Gasteiger partial charge in [0.1, 0.15) is 12.4 Å². The molecule has 1 N–H and O–H groups in total. The van der Waals surface area contributed by atoms with Crippen molar-refractivity contribution in [1.29, 1.82) is 0 Å². The Bertz CT molecular complexity index is 1470. The summed E-state index contributed by atoms with van der Waals surface area (Å²) in [4.78, 5) is 31.2. The number of benzene rings is 1. The highest BCUT2D eigenvalue weighted by Crippen LogP contribution is 2.30. The predicted octanol–water partition coefficient (Wildman–Crippen LogP) is 3.94. The molecule has 0 spiro atoms. The summed E-state index contributed by atoms with van der Waals surface area (Å²) < 4.78 is 13.0. The summed E-state index contributed by atoms with van der Waals surface area (Å²) in [5, 5.41) is 10.9. The van der Waals surface area contributed by atoms with E-state index in [9.17, 15) is 9.59 Å². The molecule has 33 heavy (non-hydrogen) atoms. The number of fused-ring (bicyclic) bond motifs is 5. The molecular weight excluding hydrogens is 424 g/mol. The molecule has 166 valence electrons. The number of carbonyl (C=O) groups is 2. The summed E-state index contributed by atoms with van der Waals surface area (Å²) in [6, 6.07) is 9.54. The Morgan fingerprint density at radius 1 is 1.00 bits per heavy atom. The number of hydrogen-bond donors (Lipinski definition) is 1. The van der Waals surface area contributed by atoms with Crippen LogP contribution in [-0.4, -0.2) is 62.7 Å². The van der Waals surface area contributed by atoms with E-state index >= 15 is 0 Å². The summed E-state index contributed by atoms with van der Waals surface area (Å²) >= 11 is 0. The van der Waals surface area contributed by atoms with E-state index in [0.29, 0.717) is 25.4 Å². The van der Waals surface area contributed by atoms with Crippen molar-refractivity contribution < 1.29 is 24.2 Å². The van der Waals surface area contributed by atoms with Gasteiger partial charge in [0.15, 0.2) is 0 Å². The van der Waals surface area contributed by atoms with Crippen LogP contribution in [0.5, 0.6) is 5.75 Å². The first-order valence-corrected chi connectivity index (χ1v) is 10.7. The molecule has 2 aliphatic heterocycles. The van der Waals surface area contributed by atoms with E-state index in [1.54, 1.807) is 18.4 Å². The van der Waals surface area contributed by atoms with Gasteiger partial charge < -0.3 is 28.8 Å². The maximum absolute atomic E-state index is 12.5. The molecule has 0 unspecified atom stereocenters. The third kappa shape index (κ3) is 3.38. The molecule has 0 bridgehead atoms. The molecule has 9 heteroatoms. The number of amides is 2. The Balaban J connectivity index is 1.29. The Morgan fingerprint density at radius 3 is 2.64 bits per heavy atom. The lowest BCUT2D eigenvalue weighted by Crippen LogP contribution is -2.51. The van der Waals surface area contributed by atoms with Gasteiger partial charge in [-0.2, -0.15) is 0 Å². The van der Waals surface area contributed by atoms with Crippen molar-refractivity contribution in [3.63, 3.8) is 0 Å². The number of aromatic nitrogens is 2. The normalized spacial score (nSPS) is 15.6. The van der Waals surface area contributed by atoms with E-state index in [1.807, 2.05) is 24.4 Å². The van der Waals surface area contributed by atoms with E-state index < -0.39 is 12.2 Å². The Morgan fingerprint density at radius 2 is 1.82 bits per heavy atom. The second-order valence-electron chi connectivity index (χ2n) is 8.19. The number of carboxylic acid groups (broad SMARTS) is 1. The van der Waals surface area contributed by atoms with Gasteiger partial charge in [-0.15, -0.1) is 0 Å². The SMILES string of the molecule is O=C(O)N1CCN(C(=O)Oc2ccc3nc4c(cc3c2)cn2cc3c(cc42)C=COC3)CC1.